The van der Waals surface area contributed by atoms with Crippen molar-refractivity contribution in [2.75, 3.05) is 19.5 Å². The van der Waals surface area contributed by atoms with E-state index in [1.165, 1.54) is 7.11 Å². The Morgan fingerprint density at radius 1 is 1.10 bits per heavy atom. The van der Waals surface area contributed by atoms with Crippen molar-refractivity contribution in [2.24, 2.45) is 5.73 Å². The molecule has 21 heavy (non-hydrogen) atoms. The number of carbonyl (C=O) groups is 1. The van der Waals surface area contributed by atoms with Gasteiger partial charge < -0.3 is 20.5 Å². The Kier molecular flexibility index (Phi) is 4.79. The minimum absolute atomic E-state index is 0.258. The lowest BCUT2D eigenvalue weighted by atomic mass is 10.1. The standard InChI is InChI=1S/C16H18N2O3/c1-20-13-7-8-15(21-2)14(9-13)16(19)18-12-5-3-11(10-17)4-6-12/h3-9H,10,17H2,1-2H3,(H,18,19). The molecule has 110 valence electrons. The van der Waals surface area contributed by atoms with Gasteiger partial charge in [-0.15, -0.1) is 0 Å². The highest BCUT2D eigenvalue weighted by molar-refractivity contribution is 6.06. The number of hydrogen-bond donors (Lipinski definition) is 2. The summed E-state index contributed by atoms with van der Waals surface area (Å²) < 4.78 is 10.3. The molecule has 1 amide bonds. The zero-order chi connectivity index (χ0) is 15.2. The van der Waals surface area contributed by atoms with Crippen LogP contribution < -0.4 is 20.5 Å². The van der Waals surface area contributed by atoms with Gasteiger partial charge >= 0.3 is 0 Å². The predicted octanol–water partition coefficient (Wildman–Crippen LogP) is 2.41. The lowest BCUT2D eigenvalue weighted by Crippen LogP contribution is -2.13. The van der Waals surface area contributed by atoms with E-state index < -0.39 is 0 Å². The highest BCUT2D eigenvalue weighted by Gasteiger charge is 2.13. The van der Waals surface area contributed by atoms with Gasteiger partial charge in [0.2, 0.25) is 0 Å². The maximum atomic E-state index is 12.3. The average molecular weight is 286 g/mol. The molecule has 5 heteroatoms. The topological polar surface area (TPSA) is 73.6 Å². The molecule has 2 aromatic rings. The molecular weight excluding hydrogens is 268 g/mol. The van der Waals surface area contributed by atoms with Gasteiger partial charge in [0.1, 0.15) is 11.5 Å². The number of nitrogens with two attached hydrogens (primary N) is 1. The van der Waals surface area contributed by atoms with Crippen molar-refractivity contribution < 1.29 is 14.3 Å². The van der Waals surface area contributed by atoms with E-state index in [4.69, 9.17) is 15.2 Å². The monoisotopic (exact) mass is 286 g/mol. The van der Waals surface area contributed by atoms with Crippen LogP contribution in [0.15, 0.2) is 42.5 Å². The van der Waals surface area contributed by atoms with Gasteiger partial charge in [0, 0.05) is 12.2 Å². The molecule has 5 nitrogen and oxygen atoms in total. The Labute approximate surface area is 123 Å². The number of ether oxygens (including phenoxy) is 2. The van der Waals surface area contributed by atoms with Crippen molar-refractivity contribution in [1.29, 1.82) is 0 Å². The van der Waals surface area contributed by atoms with Crippen LogP contribution in [-0.4, -0.2) is 20.1 Å². The fourth-order valence-electron chi connectivity index (χ4n) is 1.91. The van der Waals surface area contributed by atoms with Crippen LogP contribution >= 0.6 is 0 Å². The number of rotatable bonds is 5. The van der Waals surface area contributed by atoms with Gasteiger partial charge in [0.25, 0.3) is 5.91 Å². The van der Waals surface area contributed by atoms with E-state index in [1.54, 1.807) is 25.3 Å². The quantitative estimate of drug-likeness (QED) is 0.885. The van der Waals surface area contributed by atoms with Crippen molar-refractivity contribution in [3.05, 3.63) is 53.6 Å². The number of carbonyl (C=O) groups excluding carboxylic acids is 1. The normalized spacial score (nSPS) is 10.0. The molecule has 0 aliphatic rings. The van der Waals surface area contributed by atoms with Gasteiger partial charge in [0.15, 0.2) is 0 Å². The molecule has 0 aliphatic carbocycles. The largest absolute Gasteiger partial charge is 0.497 e. The Morgan fingerprint density at radius 2 is 1.81 bits per heavy atom. The van der Waals surface area contributed by atoms with Crippen molar-refractivity contribution in [3.63, 3.8) is 0 Å². The molecule has 0 saturated carbocycles. The SMILES string of the molecule is COc1ccc(OC)c(C(=O)Nc2ccc(CN)cc2)c1. The smallest absolute Gasteiger partial charge is 0.259 e. The number of hydrogen-bond acceptors (Lipinski definition) is 4. The molecule has 0 aliphatic heterocycles. The third kappa shape index (κ3) is 3.52. The number of nitrogens with one attached hydrogen (secondary N) is 1. The molecule has 3 N–H and O–H groups in total. The van der Waals surface area contributed by atoms with Gasteiger partial charge in [-0.25, -0.2) is 0 Å². The molecule has 2 aromatic carbocycles. The fourth-order valence-corrected chi connectivity index (χ4v) is 1.91. The second kappa shape index (κ2) is 6.76. The lowest BCUT2D eigenvalue weighted by Gasteiger charge is -2.11. The van der Waals surface area contributed by atoms with Crippen LogP contribution in [0.5, 0.6) is 11.5 Å². The van der Waals surface area contributed by atoms with Crippen LogP contribution in [0.2, 0.25) is 0 Å². The van der Waals surface area contributed by atoms with Crippen molar-refractivity contribution >= 4 is 11.6 Å². The van der Waals surface area contributed by atoms with E-state index in [9.17, 15) is 4.79 Å². The maximum Gasteiger partial charge on any atom is 0.259 e. The first-order valence-electron chi connectivity index (χ1n) is 6.50. The summed E-state index contributed by atoms with van der Waals surface area (Å²) in [6.07, 6.45) is 0. The van der Waals surface area contributed by atoms with Crippen LogP contribution in [0, 0.1) is 0 Å². The molecular formula is C16H18N2O3. The van der Waals surface area contributed by atoms with Crippen molar-refractivity contribution in [3.8, 4) is 11.5 Å². The first-order chi connectivity index (χ1) is 10.2. The molecule has 0 bridgehead atoms. The van der Waals surface area contributed by atoms with Gasteiger partial charge in [-0.05, 0) is 35.9 Å². The summed E-state index contributed by atoms with van der Waals surface area (Å²) in [6, 6.07) is 12.5. The summed E-state index contributed by atoms with van der Waals surface area (Å²) in [7, 11) is 3.07. The van der Waals surface area contributed by atoms with Gasteiger partial charge in [0.05, 0.1) is 19.8 Å². The van der Waals surface area contributed by atoms with Crippen molar-refractivity contribution in [1.82, 2.24) is 0 Å². The lowest BCUT2D eigenvalue weighted by molar-refractivity contribution is 0.102. The summed E-state index contributed by atoms with van der Waals surface area (Å²) in [5.74, 6) is 0.831. The van der Waals surface area contributed by atoms with Crippen LogP contribution in [0.4, 0.5) is 5.69 Å². The minimum Gasteiger partial charge on any atom is -0.497 e. The maximum absolute atomic E-state index is 12.3. The number of methoxy groups -OCH3 is 2. The molecule has 0 heterocycles. The van der Waals surface area contributed by atoms with Crippen LogP contribution in [0.3, 0.4) is 0 Å². The molecule has 0 radical (unpaired) electrons. The molecule has 0 aromatic heterocycles. The minimum atomic E-state index is -0.258. The Morgan fingerprint density at radius 3 is 2.38 bits per heavy atom. The molecule has 0 fully saturated rings. The first-order valence-corrected chi connectivity index (χ1v) is 6.50. The third-order valence-electron chi connectivity index (χ3n) is 3.10. The summed E-state index contributed by atoms with van der Waals surface area (Å²) in [6.45, 7) is 0.470. The predicted molar refractivity (Wildman–Crippen MR) is 81.8 cm³/mol. The summed E-state index contributed by atoms with van der Waals surface area (Å²) in [4.78, 5) is 12.3. The van der Waals surface area contributed by atoms with Gasteiger partial charge in [-0.3, -0.25) is 4.79 Å². The summed E-state index contributed by atoms with van der Waals surface area (Å²) in [5, 5.41) is 2.82. The van der Waals surface area contributed by atoms with Crippen LogP contribution in [0.1, 0.15) is 15.9 Å². The van der Waals surface area contributed by atoms with Crippen LogP contribution in [-0.2, 0) is 6.54 Å². The number of amides is 1. The Bertz CT molecular complexity index is 624. The highest BCUT2D eigenvalue weighted by Crippen LogP contribution is 2.25. The average Bonchev–Trinajstić information content (AvgIpc) is 2.54. The second-order valence-electron chi connectivity index (χ2n) is 4.42. The Hall–Kier alpha value is -2.53. The van der Waals surface area contributed by atoms with Gasteiger partial charge in [-0.2, -0.15) is 0 Å². The van der Waals surface area contributed by atoms with E-state index in [0.29, 0.717) is 29.3 Å². The molecule has 0 saturated heterocycles. The van der Waals surface area contributed by atoms with E-state index in [2.05, 4.69) is 5.32 Å². The zero-order valence-corrected chi connectivity index (χ0v) is 12.1. The summed E-state index contributed by atoms with van der Waals surface area (Å²) in [5.41, 5.74) is 7.66. The first kappa shape index (κ1) is 14.9. The van der Waals surface area contributed by atoms with E-state index >= 15 is 0 Å². The number of anilines is 1. The molecule has 0 unspecified atom stereocenters. The Balaban J connectivity index is 2.22. The van der Waals surface area contributed by atoms with E-state index in [0.717, 1.165) is 5.56 Å². The highest BCUT2D eigenvalue weighted by atomic mass is 16.5. The van der Waals surface area contributed by atoms with Crippen LogP contribution in [0.25, 0.3) is 0 Å². The summed E-state index contributed by atoms with van der Waals surface area (Å²) >= 11 is 0. The third-order valence-corrected chi connectivity index (χ3v) is 3.10. The van der Waals surface area contributed by atoms with Gasteiger partial charge in [-0.1, -0.05) is 12.1 Å². The molecule has 0 spiro atoms. The fraction of sp³-hybridized carbons (Fsp3) is 0.188. The van der Waals surface area contributed by atoms with E-state index in [-0.39, 0.29) is 5.91 Å². The zero-order valence-electron chi connectivity index (χ0n) is 12.1. The molecule has 0 atom stereocenters. The van der Waals surface area contributed by atoms with Crippen molar-refractivity contribution in [2.45, 2.75) is 6.54 Å². The van der Waals surface area contributed by atoms with E-state index in [1.807, 2.05) is 24.3 Å². The molecule has 2 rings (SSSR count). The second-order valence-corrected chi connectivity index (χ2v) is 4.42. The number of benzene rings is 2.